The second-order valence-electron chi connectivity index (χ2n) is 7.98. The number of hydrogen-bond donors (Lipinski definition) is 1. The van der Waals surface area contributed by atoms with Crippen LogP contribution in [0.2, 0.25) is 0 Å². The van der Waals surface area contributed by atoms with Crippen LogP contribution in [0.5, 0.6) is 0 Å². The normalized spacial score (nSPS) is 13.9. The highest BCUT2D eigenvalue weighted by molar-refractivity contribution is 5.93. The van der Waals surface area contributed by atoms with Gasteiger partial charge >= 0.3 is 0 Å². The maximum absolute atomic E-state index is 12.6. The van der Waals surface area contributed by atoms with Crippen LogP contribution < -0.4 is 5.32 Å². The number of rotatable bonds is 5. The fourth-order valence-electron chi connectivity index (χ4n) is 3.82. The molecule has 0 fully saturated rings. The summed E-state index contributed by atoms with van der Waals surface area (Å²) in [4.78, 5) is 32.4. The zero-order valence-electron chi connectivity index (χ0n) is 18.2. The lowest BCUT2D eigenvalue weighted by Crippen LogP contribution is -2.27. The number of likely N-dealkylation sites (N-methyl/N-ethyl adjacent to an activating group) is 2. The van der Waals surface area contributed by atoms with E-state index in [0.717, 1.165) is 17.5 Å². The van der Waals surface area contributed by atoms with Gasteiger partial charge in [-0.15, -0.1) is 12.4 Å². The molecule has 0 unspecified atom stereocenters. The van der Waals surface area contributed by atoms with E-state index in [0.29, 0.717) is 25.5 Å². The Balaban J connectivity index is 0.00000289. The monoisotopic (exact) mass is 450 g/mol. The lowest BCUT2D eigenvalue weighted by atomic mass is 10.0. The fourth-order valence-corrected chi connectivity index (χ4v) is 3.82. The highest BCUT2D eigenvalue weighted by Gasteiger charge is 2.17. The molecule has 0 bridgehead atoms. The van der Waals surface area contributed by atoms with Gasteiger partial charge in [-0.25, -0.2) is 4.98 Å². The smallest absolute Gasteiger partial charge is 0.246 e. The summed E-state index contributed by atoms with van der Waals surface area (Å²) in [6, 6.07) is 16.6. The molecule has 0 spiro atoms. The highest BCUT2D eigenvalue weighted by atomic mass is 35.5. The molecule has 3 aromatic rings. The van der Waals surface area contributed by atoms with Gasteiger partial charge in [0.25, 0.3) is 0 Å². The minimum Gasteiger partial charge on any atom is -0.342 e. The molecular formula is C25H27ClN4O2. The molecule has 6 nitrogen and oxygen atoms in total. The predicted octanol–water partition coefficient (Wildman–Crippen LogP) is 3.75. The number of carbonyl (C=O) groups is 2. The van der Waals surface area contributed by atoms with Crippen molar-refractivity contribution in [2.45, 2.75) is 13.0 Å². The first-order valence-corrected chi connectivity index (χ1v) is 10.4. The Hall–Kier alpha value is -3.22. The maximum Gasteiger partial charge on any atom is 0.246 e. The lowest BCUT2D eigenvalue weighted by molar-refractivity contribution is -0.124. The van der Waals surface area contributed by atoms with Crippen molar-refractivity contribution in [3.8, 4) is 0 Å². The van der Waals surface area contributed by atoms with Gasteiger partial charge in [-0.3, -0.25) is 14.5 Å². The number of fused-ring (bicyclic) bond motifs is 2. The first-order chi connectivity index (χ1) is 15.0. The summed E-state index contributed by atoms with van der Waals surface area (Å²) >= 11 is 0. The molecule has 7 heteroatoms. The van der Waals surface area contributed by atoms with Crippen molar-refractivity contribution in [3.05, 3.63) is 77.5 Å². The third-order valence-electron chi connectivity index (χ3n) is 5.49. The summed E-state index contributed by atoms with van der Waals surface area (Å²) in [7, 11) is 3.71. The SMILES string of the molecule is CN1CC(=O)Nc2ncc(/C=C/C(=O)N(C)CCc3cccc4ccccc34)cc2C1.Cl. The van der Waals surface area contributed by atoms with E-state index in [4.69, 9.17) is 0 Å². The van der Waals surface area contributed by atoms with E-state index in [2.05, 4.69) is 40.6 Å². The molecule has 0 atom stereocenters. The number of carbonyl (C=O) groups excluding carboxylic acids is 2. The molecule has 1 aliphatic rings. The molecule has 0 saturated carbocycles. The third-order valence-corrected chi connectivity index (χ3v) is 5.49. The lowest BCUT2D eigenvalue weighted by Gasteiger charge is -2.16. The van der Waals surface area contributed by atoms with Crippen LogP contribution in [0.4, 0.5) is 5.82 Å². The summed E-state index contributed by atoms with van der Waals surface area (Å²) in [6.45, 7) is 1.60. The minimum absolute atomic E-state index is 0. The Morgan fingerprint density at radius 1 is 1.19 bits per heavy atom. The summed E-state index contributed by atoms with van der Waals surface area (Å²) in [5.74, 6) is 0.464. The highest BCUT2D eigenvalue weighted by Crippen LogP contribution is 2.20. The van der Waals surface area contributed by atoms with Gasteiger partial charge in [0.2, 0.25) is 11.8 Å². The molecule has 0 radical (unpaired) electrons. The number of nitrogens with one attached hydrogen (secondary N) is 1. The number of nitrogens with zero attached hydrogens (tertiary/aromatic N) is 3. The Morgan fingerprint density at radius 3 is 2.81 bits per heavy atom. The standard InChI is InChI=1S/C25H26N4O2.ClH/c1-28-16-21-14-18(15-26-25(21)27-23(30)17-28)10-11-24(31)29(2)13-12-20-8-5-7-19-6-3-4-9-22(19)20;/h3-11,14-15H,12-13,16-17H2,1-2H3,(H,26,27,30);1H/b11-10+;. The number of aromatic nitrogens is 1. The summed E-state index contributed by atoms with van der Waals surface area (Å²) in [5, 5.41) is 5.26. The van der Waals surface area contributed by atoms with Gasteiger partial charge in [0.05, 0.1) is 6.54 Å². The van der Waals surface area contributed by atoms with E-state index in [1.54, 1.807) is 23.2 Å². The quantitative estimate of drug-likeness (QED) is 0.601. The zero-order chi connectivity index (χ0) is 21.8. The van der Waals surface area contributed by atoms with Crippen LogP contribution in [0, 0.1) is 0 Å². The minimum atomic E-state index is -0.0694. The van der Waals surface area contributed by atoms with Crippen LogP contribution >= 0.6 is 12.4 Å². The Labute approximate surface area is 194 Å². The third kappa shape index (κ3) is 5.52. The van der Waals surface area contributed by atoms with E-state index in [-0.39, 0.29) is 24.2 Å². The molecule has 1 N–H and O–H groups in total. The van der Waals surface area contributed by atoms with Crippen molar-refractivity contribution in [2.75, 3.05) is 32.5 Å². The van der Waals surface area contributed by atoms with Gasteiger partial charge in [-0.1, -0.05) is 42.5 Å². The number of halogens is 1. The zero-order valence-corrected chi connectivity index (χ0v) is 19.1. The maximum atomic E-state index is 12.6. The van der Waals surface area contributed by atoms with Crippen molar-refractivity contribution < 1.29 is 9.59 Å². The van der Waals surface area contributed by atoms with Crippen LogP contribution in [-0.2, 0) is 22.6 Å². The van der Waals surface area contributed by atoms with E-state index < -0.39 is 0 Å². The fraction of sp³-hybridized carbons (Fsp3) is 0.240. The van der Waals surface area contributed by atoms with Crippen molar-refractivity contribution in [3.63, 3.8) is 0 Å². The number of amides is 2. The molecule has 166 valence electrons. The van der Waals surface area contributed by atoms with E-state index in [1.165, 1.54) is 16.3 Å². The summed E-state index contributed by atoms with van der Waals surface area (Å²) in [5.41, 5.74) is 3.01. The second kappa shape index (κ2) is 10.4. The molecule has 0 saturated heterocycles. The molecule has 0 aliphatic carbocycles. The second-order valence-corrected chi connectivity index (χ2v) is 7.98. The van der Waals surface area contributed by atoms with Crippen LogP contribution in [0.15, 0.2) is 60.8 Å². The molecule has 4 rings (SSSR count). The molecule has 2 aromatic carbocycles. The molecule has 1 aromatic heterocycles. The van der Waals surface area contributed by atoms with E-state index in [9.17, 15) is 9.59 Å². The van der Waals surface area contributed by atoms with Gasteiger partial charge in [-0.05, 0) is 47.5 Å². The van der Waals surface area contributed by atoms with Gasteiger partial charge in [-0.2, -0.15) is 0 Å². The summed E-state index contributed by atoms with van der Waals surface area (Å²) in [6.07, 6.45) is 5.82. The van der Waals surface area contributed by atoms with Crippen LogP contribution in [0.1, 0.15) is 16.7 Å². The predicted molar refractivity (Wildman–Crippen MR) is 131 cm³/mol. The Morgan fingerprint density at radius 2 is 1.97 bits per heavy atom. The Kier molecular flexibility index (Phi) is 7.62. The van der Waals surface area contributed by atoms with Crippen molar-refractivity contribution in [2.24, 2.45) is 0 Å². The molecular weight excluding hydrogens is 424 g/mol. The Bertz CT molecular complexity index is 1160. The van der Waals surface area contributed by atoms with Crippen molar-refractivity contribution >= 4 is 46.9 Å². The number of benzene rings is 2. The van der Waals surface area contributed by atoms with Crippen molar-refractivity contribution in [1.29, 1.82) is 0 Å². The summed E-state index contributed by atoms with van der Waals surface area (Å²) < 4.78 is 0. The molecule has 32 heavy (non-hydrogen) atoms. The van der Waals surface area contributed by atoms with Gasteiger partial charge in [0.1, 0.15) is 5.82 Å². The van der Waals surface area contributed by atoms with Crippen molar-refractivity contribution in [1.82, 2.24) is 14.8 Å². The van der Waals surface area contributed by atoms with Gasteiger partial charge < -0.3 is 10.2 Å². The van der Waals surface area contributed by atoms with Crippen LogP contribution in [0.25, 0.3) is 16.8 Å². The first-order valence-electron chi connectivity index (χ1n) is 10.4. The van der Waals surface area contributed by atoms with E-state index >= 15 is 0 Å². The molecule has 2 amide bonds. The average Bonchev–Trinajstić information content (AvgIpc) is 2.91. The van der Waals surface area contributed by atoms with Gasteiger partial charge in [0.15, 0.2) is 0 Å². The van der Waals surface area contributed by atoms with Crippen LogP contribution in [-0.4, -0.2) is 53.8 Å². The van der Waals surface area contributed by atoms with E-state index in [1.807, 2.05) is 37.2 Å². The number of pyridine rings is 1. The number of anilines is 1. The average molecular weight is 451 g/mol. The molecule has 2 heterocycles. The first kappa shape index (κ1) is 23.4. The number of hydrogen-bond acceptors (Lipinski definition) is 4. The molecule has 1 aliphatic heterocycles. The topological polar surface area (TPSA) is 65.5 Å². The van der Waals surface area contributed by atoms with Gasteiger partial charge in [0, 0.05) is 38.0 Å². The van der Waals surface area contributed by atoms with Crippen LogP contribution in [0.3, 0.4) is 0 Å². The largest absolute Gasteiger partial charge is 0.342 e.